The molecule has 1 aromatic carbocycles. The Bertz CT molecular complexity index is 652. The van der Waals surface area contributed by atoms with Crippen LogP contribution in [-0.4, -0.2) is 23.3 Å². The maximum atomic E-state index is 11.8. The lowest BCUT2D eigenvalue weighted by Crippen LogP contribution is -2.21. The fourth-order valence-corrected chi connectivity index (χ4v) is 2.06. The highest BCUT2D eigenvalue weighted by Gasteiger charge is 2.06. The van der Waals surface area contributed by atoms with Crippen molar-refractivity contribution in [2.45, 2.75) is 33.2 Å². The molecule has 2 aromatic rings. The molecule has 0 saturated carbocycles. The van der Waals surface area contributed by atoms with Crippen LogP contribution in [0.3, 0.4) is 0 Å². The monoisotopic (exact) mass is 301 g/mol. The Morgan fingerprint density at radius 3 is 2.91 bits per heavy atom. The first kappa shape index (κ1) is 16.2. The van der Waals surface area contributed by atoms with Crippen molar-refractivity contribution < 1.29 is 4.74 Å². The molecule has 1 aromatic heterocycles. The average Bonchev–Trinajstić information content (AvgIpc) is 2.55. The highest BCUT2D eigenvalue weighted by atomic mass is 16.5. The topological polar surface area (TPSA) is 67.0 Å². The first-order valence-electron chi connectivity index (χ1n) is 7.77. The number of H-pyrrole nitrogens is 1. The van der Waals surface area contributed by atoms with E-state index in [1.54, 1.807) is 0 Å². The van der Waals surface area contributed by atoms with Gasteiger partial charge in [0.15, 0.2) is 0 Å². The zero-order chi connectivity index (χ0) is 15.8. The predicted octanol–water partition coefficient (Wildman–Crippen LogP) is 2.73. The van der Waals surface area contributed by atoms with Gasteiger partial charge in [0.25, 0.3) is 5.56 Å². The Hall–Kier alpha value is -2.14. The van der Waals surface area contributed by atoms with E-state index in [2.05, 4.69) is 22.4 Å². The van der Waals surface area contributed by atoms with Crippen LogP contribution in [-0.2, 0) is 6.54 Å². The Morgan fingerprint density at radius 2 is 2.14 bits per heavy atom. The first-order valence-corrected chi connectivity index (χ1v) is 7.77. The summed E-state index contributed by atoms with van der Waals surface area (Å²) in [6, 6.07) is 9.61. The first-order chi connectivity index (χ1) is 10.7. The van der Waals surface area contributed by atoms with Crippen molar-refractivity contribution in [2.75, 3.05) is 13.2 Å². The number of rotatable bonds is 8. The van der Waals surface area contributed by atoms with Crippen LogP contribution in [0.4, 0.5) is 0 Å². The molecule has 0 saturated heterocycles. The van der Waals surface area contributed by atoms with Gasteiger partial charge in [0.2, 0.25) is 0 Å². The van der Waals surface area contributed by atoms with Crippen LogP contribution in [0, 0.1) is 0 Å². The van der Waals surface area contributed by atoms with Gasteiger partial charge in [-0.05, 0) is 31.2 Å². The highest BCUT2D eigenvalue weighted by Crippen LogP contribution is 2.22. The summed E-state index contributed by atoms with van der Waals surface area (Å²) in [6.45, 7) is 6.21. The second kappa shape index (κ2) is 8.34. The molecule has 0 bridgehead atoms. The molecule has 0 atom stereocenters. The van der Waals surface area contributed by atoms with E-state index in [9.17, 15) is 4.79 Å². The molecule has 0 radical (unpaired) electrons. The molecule has 0 aliphatic carbocycles. The molecule has 22 heavy (non-hydrogen) atoms. The minimum atomic E-state index is -0.153. The van der Waals surface area contributed by atoms with E-state index in [0.717, 1.165) is 36.4 Å². The van der Waals surface area contributed by atoms with E-state index in [1.807, 2.05) is 37.3 Å². The van der Waals surface area contributed by atoms with E-state index in [4.69, 9.17) is 4.74 Å². The molecular weight excluding hydrogens is 278 g/mol. The number of hydrogen-bond acceptors (Lipinski definition) is 4. The summed E-state index contributed by atoms with van der Waals surface area (Å²) in [7, 11) is 0. The lowest BCUT2D eigenvalue weighted by Gasteiger charge is -2.08. The van der Waals surface area contributed by atoms with Crippen LogP contribution in [0.15, 0.2) is 35.1 Å². The number of nitrogens with one attached hydrogen (secondary N) is 2. The van der Waals surface area contributed by atoms with E-state index in [0.29, 0.717) is 18.7 Å². The van der Waals surface area contributed by atoms with Gasteiger partial charge < -0.3 is 10.1 Å². The summed E-state index contributed by atoms with van der Waals surface area (Å²) in [5.74, 6) is 0.826. The van der Waals surface area contributed by atoms with Gasteiger partial charge in [-0.3, -0.25) is 4.79 Å². The van der Waals surface area contributed by atoms with Crippen LogP contribution in [0.2, 0.25) is 0 Å². The summed E-state index contributed by atoms with van der Waals surface area (Å²) in [5.41, 5.74) is 2.21. The van der Waals surface area contributed by atoms with Crippen molar-refractivity contribution >= 4 is 0 Å². The number of benzene rings is 1. The number of aromatic amines is 1. The highest BCUT2D eigenvalue weighted by molar-refractivity contribution is 5.61. The minimum Gasteiger partial charge on any atom is -0.494 e. The van der Waals surface area contributed by atoms with E-state index < -0.39 is 0 Å². The van der Waals surface area contributed by atoms with Gasteiger partial charge in [0.1, 0.15) is 5.75 Å². The lowest BCUT2D eigenvalue weighted by atomic mass is 10.1. The van der Waals surface area contributed by atoms with Crippen LogP contribution < -0.4 is 15.6 Å². The Balaban J connectivity index is 2.20. The fourth-order valence-electron chi connectivity index (χ4n) is 2.06. The molecular formula is C17H23N3O2. The van der Waals surface area contributed by atoms with Crippen LogP contribution >= 0.6 is 0 Å². The average molecular weight is 301 g/mol. The third-order valence-corrected chi connectivity index (χ3v) is 3.34. The summed E-state index contributed by atoms with van der Waals surface area (Å²) in [5, 5.41) is 9.85. The fraction of sp³-hybridized carbons (Fsp3) is 0.412. The van der Waals surface area contributed by atoms with Gasteiger partial charge >= 0.3 is 0 Å². The number of unbranched alkanes of at least 4 members (excludes halogenated alkanes) is 1. The zero-order valence-corrected chi connectivity index (χ0v) is 13.2. The second-order valence-corrected chi connectivity index (χ2v) is 5.12. The molecule has 5 heteroatoms. The van der Waals surface area contributed by atoms with Crippen molar-refractivity contribution in [1.29, 1.82) is 0 Å². The van der Waals surface area contributed by atoms with Crippen molar-refractivity contribution in [2.24, 2.45) is 0 Å². The standard InChI is InChI=1S/C17H23N3O2/c1-3-5-9-22-15-8-6-7-13(10-15)16-11-14(12-18-4-2)17(21)20-19-16/h6-8,10-11,18H,3-5,9,12H2,1-2H3,(H,20,21). The molecule has 0 unspecified atom stereocenters. The summed E-state index contributed by atoms with van der Waals surface area (Å²) in [4.78, 5) is 11.8. The molecule has 0 fully saturated rings. The van der Waals surface area contributed by atoms with Crippen molar-refractivity contribution in [3.8, 4) is 17.0 Å². The van der Waals surface area contributed by atoms with Gasteiger partial charge in [-0.1, -0.05) is 32.4 Å². The van der Waals surface area contributed by atoms with Crippen molar-refractivity contribution in [3.63, 3.8) is 0 Å². The molecule has 0 amide bonds. The van der Waals surface area contributed by atoms with Gasteiger partial charge in [-0.15, -0.1) is 0 Å². The van der Waals surface area contributed by atoms with Gasteiger partial charge in [0, 0.05) is 17.7 Å². The van der Waals surface area contributed by atoms with Crippen molar-refractivity contribution in [1.82, 2.24) is 15.5 Å². The number of aromatic nitrogens is 2. The molecule has 2 rings (SSSR count). The Labute approximate surface area is 130 Å². The lowest BCUT2D eigenvalue weighted by molar-refractivity contribution is 0.309. The van der Waals surface area contributed by atoms with Crippen LogP contribution in [0.5, 0.6) is 5.75 Å². The Kier molecular flexibility index (Phi) is 6.15. The van der Waals surface area contributed by atoms with Gasteiger partial charge in [0.05, 0.1) is 12.3 Å². The molecule has 5 nitrogen and oxygen atoms in total. The number of nitrogens with zero attached hydrogens (tertiary/aromatic N) is 1. The molecule has 1 heterocycles. The van der Waals surface area contributed by atoms with Crippen molar-refractivity contribution in [3.05, 3.63) is 46.2 Å². The molecule has 0 aliphatic heterocycles. The number of hydrogen-bond donors (Lipinski definition) is 2. The van der Waals surface area contributed by atoms with Gasteiger partial charge in [-0.25, -0.2) is 5.10 Å². The third kappa shape index (κ3) is 4.43. The smallest absolute Gasteiger partial charge is 0.268 e. The largest absolute Gasteiger partial charge is 0.494 e. The van der Waals surface area contributed by atoms with Crippen LogP contribution in [0.1, 0.15) is 32.3 Å². The normalized spacial score (nSPS) is 10.6. The van der Waals surface area contributed by atoms with Gasteiger partial charge in [-0.2, -0.15) is 5.10 Å². The van der Waals surface area contributed by atoms with E-state index in [1.165, 1.54) is 0 Å². The van der Waals surface area contributed by atoms with E-state index in [-0.39, 0.29) is 5.56 Å². The maximum absolute atomic E-state index is 11.8. The number of ether oxygens (including phenoxy) is 1. The summed E-state index contributed by atoms with van der Waals surface area (Å²) < 4.78 is 5.72. The Morgan fingerprint density at radius 1 is 1.27 bits per heavy atom. The summed E-state index contributed by atoms with van der Waals surface area (Å²) in [6.07, 6.45) is 2.14. The minimum absolute atomic E-state index is 0.153. The third-order valence-electron chi connectivity index (χ3n) is 3.34. The molecule has 0 spiro atoms. The quantitative estimate of drug-likeness (QED) is 0.736. The summed E-state index contributed by atoms with van der Waals surface area (Å²) >= 11 is 0. The zero-order valence-electron chi connectivity index (χ0n) is 13.2. The predicted molar refractivity (Wildman–Crippen MR) is 88.1 cm³/mol. The van der Waals surface area contributed by atoms with E-state index >= 15 is 0 Å². The maximum Gasteiger partial charge on any atom is 0.268 e. The van der Waals surface area contributed by atoms with Crippen LogP contribution in [0.25, 0.3) is 11.3 Å². The molecule has 118 valence electrons. The SMILES string of the molecule is CCCCOc1cccc(-c2cc(CNCC)c(=O)[nH]n2)c1. The molecule has 0 aliphatic rings. The second-order valence-electron chi connectivity index (χ2n) is 5.12. The molecule has 2 N–H and O–H groups in total.